The molecule has 0 bridgehead atoms. The van der Waals surface area contributed by atoms with Crippen LogP contribution < -0.4 is 24.4 Å². The third kappa shape index (κ3) is 4.87. The van der Waals surface area contributed by atoms with Crippen molar-refractivity contribution in [3.05, 3.63) is 54.1 Å². The minimum absolute atomic E-state index is 0.0348. The number of benzene rings is 2. The zero-order valence-electron chi connectivity index (χ0n) is 16.7. The smallest absolute Gasteiger partial charge is 0.244 e. The molecule has 1 heterocycles. The number of methoxy groups -OCH3 is 3. The lowest BCUT2D eigenvalue weighted by molar-refractivity contribution is -0.117. The van der Waals surface area contributed by atoms with Crippen LogP contribution in [0.25, 0.3) is 6.08 Å². The normalized spacial score (nSPS) is 16.2. The molecule has 1 N–H and O–H groups in total. The SMILES string of the molecule is COc1cccc(N2CC(NC(=O)C=Cc3ccc(OC)c(OC)c3)CC2=O)c1. The Morgan fingerprint density at radius 3 is 2.59 bits per heavy atom. The van der Waals surface area contributed by atoms with Gasteiger partial charge in [0, 0.05) is 30.8 Å². The summed E-state index contributed by atoms with van der Waals surface area (Å²) in [5.41, 5.74) is 1.56. The highest BCUT2D eigenvalue weighted by Gasteiger charge is 2.31. The summed E-state index contributed by atoms with van der Waals surface area (Å²) in [6, 6.07) is 12.4. The van der Waals surface area contributed by atoms with Crippen LogP contribution in [0, 0.1) is 0 Å². The number of rotatable bonds is 7. The van der Waals surface area contributed by atoms with Crippen molar-refractivity contribution in [2.75, 3.05) is 32.8 Å². The summed E-state index contributed by atoms with van der Waals surface area (Å²) in [7, 11) is 4.71. The van der Waals surface area contributed by atoms with Gasteiger partial charge in [-0.2, -0.15) is 0 Å². The molecule has 2 amide bonds. The molecule has 7 nitrogen and oxygen atoms in total. The maximum atomic E-state index is 12.4. The maximum absolute atomic E-state index is 12.4. The molecule has 29 heavy (non-hydrogen) atoms. The average molecular weight is 396 g/mol. The molecule has 0 aromatic heterocycles. The van der Waals surface area contributed by atoms with Gasteiger partial charge in [-0.25, -0.2) is 0 Å². The van der Waals surface area contributed by atoms with Crippen molar-refractivity contribution in [2.24, 2.45) is 0 Å². The van der Waals surface area contributed by atoms with Gasteiger partial charge in [0.05, 0.1) is 27.4 Å². The lowest BCUT2D eigenvalue weighted by atomic mass is 10.2. The molecule has 1 saturated heterocycles. The zero-order chi connectivity index (χ0) is 20.8. The maximum Gasteiger partial charge on any atom is 0.244 e. The second-order valence-corrected chi connectivity index (χ2v) is 6.56. The zero-order valence-corrected chi connectivity index (χ0v) is 16.7. The van der Waals surface area contributed by atoms with Gasteiger partial charge in [0.15, 0.2) is 11.5 Å². The fourth-order valence-corrected chi connectivity index (χ4v) is 3.21. The number of nitrogens with zero attached hydrogens (tertiary/aromatic N) is 1. The van der Waals surface area contributed by atoms with Crippen LogP contribution in [0.4, 0.5) is 5.69 Å². The molecule has 152 valence electrons. The van der Waals surface area contributed by atoms with Crippen LogP contribution in [0.5, 0.6) is 17.2 Å². The summed E-state index contributed by atoms with van der Waals surface area (Å²) in [5, 5.41) is 2.88. The Balaban J connectivity index is 1.61. The first-order valence-electron chi connectivity index (χ1n) is 9.19. The first-order chi connectivity index (χ1) is 14.0. The molecule has 2 aromatic carbocycles. The largest absolute Gasteiger partial charge is 0.497 e. The highest BCUT2D eigenvalue weighted by molar-refractivity contribution is 5.98. The molecule has 3 rings (SSSR count). The van der Waals surface area contributed by atoms with Gasteiger partial charge in [-0.05, 0) is 35.9 Å². The third-order valence-corrected chi connectivity index (χ3v) is 4.67. The Bertz CT molecular complexity index is 925. The summed E-state index contributed by atoms with van der Waals surface area (Å²) in [4.78, 5) is 26.3. The molecule has 0 aliphatic carbocycles. The van der Waals surface area contributed by atoms with Gasteiger partial charge in [-0.15, -0.1) is 0 Å². The standard InChI is InChI=1S/C22H24N2O5/c1-27-18-6-4-5-17(13-18)24-14-16(12-22(24)26)23-21(25)10-8-15-7-9-19(28-2)20(11-15)29-3/h4-11,13,16H,12,14H2,1-3H3,(H,23,25). The number of anilines is 1. The van der Waals surface area contributed by atoms with Crippen molar-refractivity contribution in [1.29, 1.82) is 0 Å². The van der Waals surface area contributed by atoms with Gasteiger partial charge in [0.1, 0.15) is 5.75 Å². The molecular weight excluding hydrogens is 372 g/mol. The van der Waals surface area contributed by atoms with Crippen LogP contribution in [0.1, 0.15) is 12.0 Å². The number of amides is 2. The van der Waals surface area contributed by atoms with Crippen LogP contribution in [0.15, 0.2) is 48.5 Å². The average Bonchev–Trinajstić information content (AvgIpc) is 3.11. The van der Waals surface area contributed by atoms with Gasteiger partial charge in [-0.1, -0.05) is 12.1 Å². The predicted octanol–water partition coefficient (Wildman–Crippen LogP) is 2.65. The number of carbonyl (C=O) groups is 2. The van der Waals surface area contributed by atoms with E-state index in [0.717, 1.165) is 11.3 Å². The van der Waals surface area contributed by atoms with E-state index in [1.165, 1.54) is 6.08 Å². The molecule has 1 aliphatic heterocycles. The summed E-state index contributed by atoms with van der Waals surface area (Å²) >= 11 is 0. The summed E-state index contributed by atoms with van der Waals surface area (Å²) in [6.07, 6.45) is 3.39. The molecule has 0 saturated carbocycles. The first kappa shape index (κ1) is 20.3. The molecule has 1 aliphatic rings. The molecule has 2 aromatic rings. The van der Waals surface area contributed by atoms with Crippen LogP contribution in [0.3, 0.4) is 0 Å². The van der Waals surface area contributed by atoms with E-state index in [-0.39, 0.29) is 24.3 Å². The van der Waals surface area contributed by atoms with Crippen LogP contribution in [0.2, 0.25) is 0 Å². The van der Waals surface area contributed by atoms with Crippen LogP contribution in [-0.2, 0) is 9.59 Å². The van der Waals surface area contributed by atoms with Crippen LogP contribution >= 0.6 is 0 Å². The fraction of sp³-hybridized carbons (Fsp3) is 0.273. The Labute approximate surface area is 169 Å². The molecular formula is C22H24N2O5. The van der Waals surface area contributed by atoms with Crippen molar-refractivity contribution in [2.45, 2.75) is 12.5 Å². The lowest BCUT2D eigenvalue weighted by Gasteiger charge is -2.17. The second kappa shape index (κ2) is 9.14. The number of ether oxygens (including phenoxy) is 3. The molecule has 0 spiro atoms. The minimum atomic E-state index is -0.259. The van der Waals surface area contributed by atoms with Crippen molar-refractivity contribution in [3.8, 4) is 17.2 Å². The van der Waals surface area contributed by atoms with E-state index in [2.05, 4.69) is 5.32 Å². The lowest BCUT2D eigenvalue weighted by Crippen LogP contribution is -2.36. The van der Waals surface area contributed by atoms with E-state index in [1.807, 2.05) is 24.3 Å². The molecule has 1 atom stereocenters. The van der Waals surface area contributed by atoms with Gasteiger partial charge >= 0.3 is 0 Å². The van der Waals surface area contributed by atoms with Gasteiger partial charge in [0.2, 0.25) is 11.8 Å². The monoisotopic (exact) mass is 396 g/mol. The van der Waals surface area contributed by atoms with E-state index in [1.54, 1.807) is 50.5 Å². The topological polar surface area (TPSA) is 77.1 Å². The van der Waals surface area contributed by atoms with Gasteiger partial charge in [-0.3, -0.25) is 9.59 Å². The number of carbonyl (C=O) groups excluding carboxylic acids is 2. The van der Waals surface area contributed by atoms with E-state index in [0.29, 0.717) is 23.8 Å². The minimum Gasteiger partial charge on any atom is -0.497 e. The Kier molecular flexibility index (Phi) is 6.39. The van der Waals surface area contributed by atoms with Crippen molar-refractivity contribution < 1.29 is 23.8 Å². The highest BCUT2D eigenvalue weighted by atomic mass is 16.5. The van der Waals surface area contributed by atoms with Crippen molar-refractivity contribution in [1.82, 2.24) is 5.32 Å². The third-order valence-electron chi connectivity index (χ3n) is 4.67. The Morgan fingerprint density at radius 1 is 1.07 bits per heavy atom. The molecule has 1 unspecified atom stereocenters. The van der Waals surface area contributed by atoms with E-state index in [4.69, 9.17) is 14.2 Å². The summed E-state index contributed by atoms with van der Waals surface area (Å²) < 4.78 is 15.7. The molecule has 1 fully saturated rings. The van der Waals surface area contributed by atoms with E-state index >= 15 is 0 Å². The number of nitrogens with one attached hydrogen (secondary N) is 1. The van der Waals surface area contributed by atoms with E-state index < -0.39 is 0 Å². The van der Waals surface area contributed by atoms with Crippen LogP contribution in [-0.4, -0.2) is 45.7 Å². The summed E-state index contributed by atoms with van der Waals surface area (Å²) in [6.45, 7) is 0.419. The van der Waals surface area contributed by atoms with E-state index in [9.17, 15) is 9.59 Å². The Hall–Kier alpha value is -3.48. The van der Waals surface area contributed by atoms with Crippen molar-refractivity contribution in [3.63, 3.8) is 0 Å². The molecule has 0 radical (unpaired) electrons. The fourth-order valence-electron chi connectivity index (χ4n) is 3.21. The first-order valence-corrected chi connectivity index (χ1v) is 9.19. The number of hydrogen-bond acceptors (Lipinski definition) is 5. The number of hydrogen-bond donors (Lipinski definition) is 1. The predicted molar refractivity (Wildman–Crippen MR) is 110 cm³/mol. The summed E-state index contributed by atoms with van der Waals surface area (Å²) in [5.74, 6) is 1.60. The quantitative estimate of drug-likeness (QED) is 0.728. The molecule has 7 heteroatoms. The second-order valence-electron chi connectivity index (χ2n) is 6.56. The van der Waals surface area contributed by atoms with Gasteiger partial charge in [0.25, 0.3) is 0 Å². The van der Waals surface area contributed by atoms with Crippen molar-refractivity contribution >= 4 is 23.6 Å². The highest BCUT2D eigenvalue weighted by Crippen LogP contribution is 2.28. The Morgan fingerprint density at radius 2 is 1.86 bits per heavy atom. The van der Waals surface area contributed by atoms with Gasteiger partial charge < -0.3 is 24.4 Å².